The van der Waals surface area contributed by atoms with Gasteiger partial charge in [-0.25, -0.2) is 0 Å². The minimum absolute atomic E-state index is 0.412. The Morgan fingerprint density at radius 3 is 2.47 bits per heavy atom. The molecule has 2 aliphatic rings. The summed E-state index contributed by atoms with van der Waals surface area (Å²) >= 11 is 0. The van der Waals surface area contributed by atoms with E-state index in [1.807, 2.05) is 0 Å². The Bertz CT molecular complexity index is 396. The van der Waals surface area contributed by atoms with Crippen molar-refractivity contribution in [2.75, 3.05) is 6.54 Å². The number of rotatable bonds is 2. The van der Waals surface area contributed by atoms with Gasteiger partial charge in [0, 0.05) is 12.0 Å². The highest BCUT2D eigenvalue weighted by Gasteiger charge is 2.30. The lowest BCUT2D eigenvalue weighted by molar-refractivity contribution is 0.335. The molecule has 0 bridgehead atoms. The van der Waals surface area contributed by atoms with Crippen LogP contribution >= 0.6 is 0 Å². The molecule has 1 saturated carbocycles. The predicted molar refractivity (Wildman–Crippen MR) is 74.2 cm³/mol. The molecular weight excluding hydrogens is 238 g/mol. The van der Waals surface area contributed by atoms with Crippen LogP contribution in [0.25, 0.3) is 0 Å². The summed E-state index contributed by atoms with van der Waals surface area (Å²) in [6.07, 6.45) is 10.3. The van der Waals surface area contributed by atoms with Crippen molar-refractivity contribution in [3.8, 4) is 0 Å². The molecule has 1 N–H and O–H groups in total. The van der Waals surface area contributed by atoms with Crippen LogP contribution in [0, 0.1) is 0 Å². The molecule has 1 aromatic rings. The summed E-state index contributed by atoms with van der Waals surface area (Å²) in [6.45, 7) is 3.27. The molecule has 2 unspecified atom stereocenters. The maximum atomic E-state index is 5.54. The molecule has 106 valence electrons. The third kappa shape index (κ3) is 2.99. The van der Waals surface area contributed by atoms with Crippen LogP contribution in [-0.4, -0.2) is 22.7 Å². The highest BCUT2D eigenvalue weighted by atomic mass is 16.5. The number of hydrogen-bond donors (Lipinski definition) is 1. The monoisotopic (exact) mass is 263 g/mol. The fourth-order valence-corrected chi connectivity index (χ4v) is 3.47. The Balaban J connectivity index is 1.69. The quantitative estimate of drug-likeness (QED) is 0.889. The molecule has 2 heterocycles. The summed E-state index contributed by atoms with van der Waals surface area (Å²) < 4.78 is 5.54. The smallest absolute Gasteiger partial charge is 0.231 e. The first-order chi connectivity index (χ1) is 9.34. The summed E-state index contributed by atoms with van der Waals surface area (Å²) in [7, 11) is 0. The number of hydrogen-bond acceptors (Lipinski definition) is 4. The zero-order valence-electron chi connectivity index (χ0n) is 11.9. The Hall–Kier alpha value is -0.900. The highest BCUT2D eigenvalue weighted by molar-refractivity contribution is 5.04. The van der Waals surface area contributed by atoms with Gasteiger partial charge >= 0.3 is 0 Å². The molecule has 1 aliphatic heterocycles. The number of nitrogens with zero attached hydrogens (tertiary/aromatic N) is 2. The number of nitrogens with one attached hydrogen (secondary N) is 1. The van der Waals surface area contributed by atoms with Gasteiger partial charge in [0.05, 0.1) is 5.92 Å². The summed E-state index contributed by atoms with van der Waals surface area (Å²) in [5, 5.41) is 7.72. The first-order valence-corrected chi connectivity index (χ1v) is 7.91. The lowest BCUT2D eigenvalue weighted by Crippen LogP contribution is -2.21. The largest absolute Gasteiger partial charge is 0.339 e. The van der Waals surface area contributed by atoms with Crippen molar-refractivity contribution in [3.05, 3.63) is 11.7 Å². The van der Waals surface area contributed by atoms with Gasteiger partial charge < -0.3 is 9.84 Å². The van der Waals surface area contributed by atoms with Gasteiger partial charge in [0.1, 0.15) is 0 Å². The molecule has 0 amide bonds. The van der Waals surface area contributed by atoms with Gasteiger partial charge in [-0.05, 0) is 32.7 Å². The Morgan fingerprint density at radius 2 is 1.79 bits per heavy atom. The molecule has 4 heteroatoms. The van der Waals surface area contributed by atoms with Crippen LogP contribution in [-0.2, 0) is 0 Å². The summed E-state index contributed by atoms with van der Waals surface area (Å²) in [6, 6.07) is 0.464. The topological polar surface area (TPSA) is 51.0 Å². The van der Waals surface area contributed by atoms with E-state index in [1.165, 1.54) is 44.9 Å². The van der Waals surface area contributed by atoms with Crippen molar-refractivity contribution in [3.63, 3.8) is 0 Å². The van der Waals surface area contributed by atoms with Gasteiger partial charge in [-0.3, -0.25) is 0 Å². The van der Waals surface area contributed by atoms with Gasteiger partial charge in [-0.2, -0.15) is 4.98 Å². The third-order valence-electron chi connectivity index (χ3n) is 4.77. The normalized spacial score (nSPS) is 30.2. The first-order valence-electron chi connectivity index (χ1n) is 7.91. The van der Waals surface area contributed by atoms with E-state index in [1.54, 1.807) is 0 Å². The minimum atomic E-state index is 0.412. The van der Waals surface area contributed by atoms with E-state index >= 15 is 0 Å². The fourth-order valence-electron chi connectivity index (χ4n) is 3.47. The Labute approximate surface area is 115 Å². The van der Waals surface area contributed by atoms with Gasteiger partial charge in [-0.15, -0.1) is 0 Å². The van der Waals surface area contributed by atoms with E-state index < -0.39 is 0 Å². The molecule has 0 aromatic carbocycles. The van der Waals surface area contributed by atoms with Crippen LogP contribution in [0.3, 0.4) is 0 Å². The van der Waals surface area contributed by atoms with E-state index in [4.69, 9.17) is 9.51 Å². The zero-order valence-corrected chi connectivity index (χ0v) is 11.9. The molecule has 0 radical (unpaired) electrons. The Kier molecular flexibility index (Phi) is 4.16. The van der Waals surface area contributed by atoms with Crippen LogP contribution in [0.1, 0.15) is 81.8 Å². The molecule has 0 spiro atoms. The third-order valence-corrected chi connectivity index (χ3v) is 4.77. The van der Waals surface area contributed by atoms with E-state index in [-0.39, 0.29) is 0 Å². The maximum Gasteiger partial charge on any atom is 0.231 e. The second-order valence-corrected chi connectivity index (χ2v) is 6.17. The number of aromatic nitrogens is 2. The molecule has 19 heavy (non-hydrogen) atoms. The second-order valence-electron chi connectivity index (χ2n) is 6.17. The van der Waals surface area contributed by atoms with E-state index in [9.17, 15) is 0 Å². The van der Waals surface area contributed by atoms with Crippen molar-refractivity contribution in [1.29, 1.82) is 0 Å². The lowest BCUT2D eigenvalue weighted by Gasteiger charge is -2.16. The molecule has 4 nitrogen and oxygen atoms in total. The van der Waals surface area contributed by atoms with Crippen LogP contribution in [0.15, 0.2) is 4.52 Å². The average molecular weight is 263 g/mol. The van der Waals surface area contributed by atoms with Crippen molar-refractivity contribution in [1.82, 2.24) is 15.5 Å². The SMILES string of the molecule is CC1NCCC1c1nc(C2CCCCCCC2)no1. The summed E-state index contributed by atoms with van der Waals surface area (Å²) in [4.78, 5) is 4.72. The van der Waals surface area contributed by atoms with Gasteiger partial charge in [-0.1, -0.05) is 37.3 Å². The van der Waals surface area contributed by atoms with Gasteiger partial charge in [0.25, 0.3) is 0 Å². The van der Waals surface area contributed by atoms with Crippen LogP contribution in [0.4, 0.5) is 0 Å². The van der Waals surface area contributed by atoms with Crippen molar-refractivity contribution < 1.29 is 4.52 Å². The molecular formula is C15H25N3O. The van der Waals surface area contributed by atoms with Gasteiger partial charge in [0.2, 0.25) is 5.89 Å². The molecule has 3 rings (SSSR count). The fraction of sp³-hybridized carbons (Fsp3) is 0.867. The molecule has 1 aliphatic carbocycles. The molecule has 2 fully saturated rings. The maximum absolute atomic E-state index is 5.54. The summed E-state index contributed by atoms with van der Waals surface area (Å²) in [5.41, 5.74) is 0. The predicted octanol–water partition coefficient (Wildman–Crippen LogP) is 3.36. The van der Waals surface area contributed by atoms with E-state index in [0.29, 0.717) is 17.9 Å². The van der Waals surface area contributed by atoms with Crippen LogP contribution in [0.5, 0.6) is 0 Å². The van der Waals surface area contributed by atoms with Crippen molar-refractivity contribution >= 4 is 0 Å². The molecule has 2 atom stereocenters. The highest BCUT2D eigenvalue weighted by Crippen LogP contribution is 2.32. The minimum Gasteiger partial charge on any atom is -0.339 e. The van der Waals surface area contributed by atoms with Crippen molar-refractivity contribution in [2.24, 2.45) is 0 Å². The van der Waals surface area contributed by atoms with E-state index in [0.717, 1.165) is 24.7 Å². The zero-order chi connectivity index (χ0) is 13.1. The average Bonchev–Trinajstić information content (AvgIpc) is 2.97. The van der Waals surface area contributed by atoms with Gasteiger partial charge in [0.15, 0.2) is 5.82 Å². The Morgan fingerprint density at radius 1 is 1.05 bits per heavy atom. The first kappa shape index (κ1) is 13.1. The second kappa shape index (κ2) is 6.04. The van der Waals surface area contributed by atoms with Crippen LogP contribution in [0.2, 0.25) is 0 Å². The summed E-state index contributed by atoms with van der Waals surface area (Å²) in [5.74, 6) is 2.77. The molecule has 1 aromatic heterocycles. The standard InChI is InChI=1S/C15H25N3O/c1-11-13(9-10-16-11)15-17-14(18-19-15)12-7-5-3-2-4-6-8-12/h11-13,16H,2-10H2,1H3. The van der Waals surface area contributed by atoms with Crippen LogP contribution < -0.4 is 5.32 Å². The lowest BCUT2D eigenvalue weighted by atomic mass is 9.91. The van der Waals surface area contributed by atoms with E-state index in [2.05, 4.69) is 17.4 Å². The molecule has 1 saturated heterocycles. The van der Waals surface area contributed by atoms with Crippen molar-refractivity contribution in [2.45, 2.75) is 76.2 Å².